The molecule has 0 unspecified atom stereocenters. The lowest BCUT2D eigenvalue weighted by Gasteiger charge is -2.19. The van der Waals surface area contributed by atoms with Gasteiger partial charge in [0.15, 0.2) is 0 Å². The summed E-state index contributed by atoms with van der Waals surface area (Å²) in [6.45, 7) is 0. The van der Waals surface area contributed by atoms with Crippen molar-refractivity contribution in [2.24, 2.45) is 0 Å². The van der Waals surface area contributed by atoms with Gasteiger partial charge in [0, 0.05) is 18.2 Å². The monoisotopic (exact) mass is 388 g/mol. The zero-order valence-corrected chi connectivity index (χ0v) is 15.8. The van der Waals surface area contributed by atoms with Gasteiger partial charge in [0.2, 0.25) is 5.91 Å². The Hall–Kier alpha value is -3.93. The van der Waals surface area contributed by atoms with E-state index in [1.165, 1.54) is 18.2 Å². The summed E-state index contributed by atoms with van der Waals surface area (Å²) in [4.78, 5) is 23.0. The Balaban J connectivity index is 1.81. The third-order valence-corrected chi connectivity index (χ3v) is 4.38. The minimum absolute atomic E-state index is 0.0204. The van der Waals surface area contributed by atoms with Crippen LogP contribution in [0, 0.1) is 10.1 Å². The first-order valence-corrected chi connectivity index (χ1v) is 8.99. The number of amides is 1. The van der Waals surface area contributed by atoms with Gasteiger partial charge in [-0.15, -0.1) is 0 Å². The number of methoxy groups -OCH3 is 1. The summed E-state index contributed by atoms with van der Waals surface area (Å²) in [7, 11) is 1.60. The molecule has 6 nitrogen and oxygen atoms in total. The maximum atomic E-state index is 12.6. The van der Waals surface area contributed by atoms with Crippen LogP contribution in [0.25, 0.3) is 6.08 Å². The summed E-state index contributed by atoms with van der Waals surface area (Å²) in [5.74, 6) is 0.429. The van der Waals surface area contributed by atoms with Crippen molar-refractivity contribution in [3.63, 3.8) is 0 Å². The summed E-state index contributed by atoms with van der Waals surface area (Å²) in [6, 6.07) is 22.9. The lowest BCUT2D eigenvalue weighted by molar-refractivity contribution is -0.384. The number of rotatable bonds is 7. The number of non-ortho nitro benzene ring substituents is 1. The van der Waals surface area contributed by atoms with Crippen LogP contribution in [0.2, 0.25) is 0 Å². The topological polar surface area (TPSA) is 81.5 Å². The van der Waals surface area contributed by atoms with Crippen LogP contribution in [0.4, 0.5) is 5.69 Å². The first kappa shape index (κ1) is 19.8. The molecule has 0 saturated heterocycles. The van der Waals surface area contributed by atoms with E-state index in [-0.39, 0.29) is 17.6 Å². The van der Waals surface area contributed by atoms with Gasteiger partial charge in [0.1, 0.15) is 5.75 Å². The fourth-order valence-corrected chi connectivity index (χ4v) is 2.91. The Morgan fingerprint density at radius 3 is 2.34 bits per heavy atom. The minimum Gasteiger partial charge on any atom is -0.497 e. The lowest BCUT2D eigenvalue weighted by atomic mass is 9.98. The average Bonchev–Trinajstić information content (AvgIpc) is 2.77. The number of nitro groups is 1. The van der Waals surface area contributed by atoms with Crippen LogP contribution >= 0.6 is 0 Å². The second-order valence-corrected chi connectivity index (χ2v) is 6.31. The highest BCUT2D eigenvalue weighted by molar-refractivity contribution is 5.92. The van der Waals surface area contributed by atoms with E-state index in [1.54, 1.807) is 25.3 Å². The molecule has 3 aromatic carbocycles. The molecule has 0 aliphatic carbocycles. The van der Waals surface area contributed by atoms with E-state index in [4.69, 9.17) is 4.74 Å². The molecule has 0 saturated carbocycles. The van der Waals surface area contributed by atoms with Crippen molar-refractivity contribution in [2.75, 3.05) is 7.11 Å². The van der Waals surface area contributed by atoms with Crippen molar-refractivity contribution >= 4 is 17.7 Å². The van der Waals surface area contributed by atoms with Gasteiger partial charge < -0.3 is 10.1 Å². The molecule has 0 aliphatic rings. The van der Waals surface area contributed by atoms with Crippen LogP contribution in [0.15, 0.2) is 84.9 Å². The largest absolute Gasteiger partial charge is 0.497 e. The van der Waals surface area contributed by atoms with Gasteiger partial charge in [-0.05, 0) is 34.9 Å². The summed E-state index contributed by atoms with van der Waals surface area (Å²) in [5, 5.41) is 13.9. The Morgan fingerprint density at radius 2 is 1.69 bits per heavy atom. The molecule has 0 aliphatic heterocycles. The Kier molecular flexibility index (Phi) is 6.37. The highest BCUT2D eigenvalue weighted by atomic mass is 16.6. The van der Waals surface area contributed by atoms with Gasteiger partial charge in [-0.1, -0.05) is 54.6 Å². The molecule has 3 rings (SSSR count). The zero-order chi connectivity index (χ0) is 20.6. The predicted molar refractivity (Wildman–Crippen MR) is 112 cm³/mol. The number of ether oxygens (including phenoxy) is 1. The molecule has 1 N–H and O–H groups in total. The fraction of sp³-hybridized carbons (Fsp3) is 0.0870. The van der Waals surface area contributed by atoms with Gasteiger partial charge in [-0.2, -0.15) is 0 Å². The summed E-state index contributed by atoms with van der Waals surface area (Å²) < 4.78 is 5.20. The fourth-order valence-electron chi connectivity index (χ4n) is 2.91. The van der Waals surface area contributed by atoms with Crippen LogP contribution < -0.4 is 10.1 Å². The van der Waals surface area contributed by atoms with E-state index < -0.39 is 4.92 Å². The van der Waals surface area contributed by atoms with Gasteiger partial charge in [-0.3, -0.25) is 14.9 Å². The molecule has 146 valence electrons. The van der Waals surface area contributed by atoms with Crippen molar-refractivity contribution in [1.29, 1.82) is 0 Å². The van der Waals surface area contributed by atoms with Gasteiger partial charge in [-0.25, -0.2) is 0 Å². The standard InChI is InChI=1S/C23H20N2O4/c1-29-21-13-11-19(12-14-21)23(18-7-3-2-4-8-18)24-22(26)15-10-17-6-5-9-20(16-17)25(27)28/h2-16,23H,1H3,(H,24,26)/b15-10+/t23-/m1/s1. The molecule has 0 bridgehead atoms. The van der Waals surface area contributed by atoms with Crippen LogP contribution in [-0.2, 0) is 4.79 Å². The number of nitrogens with zero attached hydrogens (tertiary/aromatic N) is 1. The number of hydrogen-bond acceptors (Lipinski definition) is 4. The molecule has 1 atom stereocenters. The first-order valence-electron chi connectivity index (χ1n) is 8.99. The van der Waals surface area contributed by atoms with Crippen molar-refractivity contribution < 1.29 is 14.5 Å². The molecule has 0 fully saturated rings. The second kappa shape index (κ2) is 9.32. The minimum atomic E-state index is -0.466. The quantitative estimate of drug-likeness (QED) is 0.366. The molecular formula is C23H20N2O4. The van der Waals surface area contributed by atoms with E-state index in [0.29, 0.717) is 5.56 Å². The number of carbonyl (C=O) groups excluding carboxylic acids is 1. The van der Waals surface area contributed by atoms with E-state index in [0.717, 1.165) is 16.9 Å². The Labute approximate surface area is 168 Å². The number of benzene rings is 3. The highest BCUT2D eigenvalue weighted by Gasteiger charge is 2.16. The highest BCUT2D eigenvalue weighted by Crippen LogP contribution is 2.24. The Bertz CT molecular complexity index is 1010. The summed E-state index contributed by atoms with van der Waals surface area (Å²) in [5.41, 5.74) is 2.41. The number of nitro benzene ring substituents is 1. The molecule has 29 heavy (non-hydrogen) atoms. The molecule has 6 heteroatoms. The smallest absolute Gasteiger partial charge is 0.270 e. The van der Waals surface area contributed by atoms with Gasteiger partial charge in [0.25, 0.3) is 5.69 Å². The molecular weight excluding hydrogens is 368 g/mol. The maximum absolute atomic E-state index is 12.6. The van der Waals surface area contributed by atoms with Crippen LogP contribution in [0.3, 0.4) is 0 Å². The molecule has 0 spiro atoms. The van der Waals surface area contributed by atoms with E-state index in [1.807, 2.05) is 54.6 Å². The van der Waals surface area contributed by atoms with Gasteiger partial charge in [0.05, 0.1) is 18.1 Å². The van der Waals surface area contributed by atoms with E-state index in [9.17, 15) is 14.9 Å². The predicted octanol–water partition coefficient (Wildman–Crippen LogP) is 4.52. The average molecular weight is 388 g/mol. The summed E-state index contributed by atoms with van der Waals surface area (Å²) >= 11 is 0. The molecule has 3 aromatic rings. The molecule has 0 radical (unpaired) electrons. The number of nitrogens with one attached hydrogen (secondary N) is 1. The van der Waals surface area contributed by atoms with Crippen LogP contribution in [0.5, 0.6) is 5.75 Å². The third-order valence-electron chi connectivity index (χ3n) is 4.38. The van der Waals surface area contributed by atoms with Crippen molar-refractivity contribution in [1.82, 2.24) is 5.32 Å². The van der Waals surface area contributed by atoms with Crippen molar-refractivity contribution in [3.05, 3.63) is 112 Å². The van der Waals surface area contributed by atoms with Crippen molar-refractivity contribution in [3.8, 4) is 5.75 Å². The van der Waals surface area contributed by atoms with E-state index in [2.05, 4.69) is 5.32 Å². The van der Waals surface area contributed by atoms with Gasteiger partial charge >= 0.3 is 0 Å². The maximum Gasteiger partial charge on any atom is 0.270 e. The number of hydrogen-bond donors (Lipinski definition) is 1. The summed E-state index contributed by atoms with van der Waals surface area (Å²) in [6.07, 6.45) is 2.93. The van der Waals surface area contributed by atoms with Crippen LogP contribution in [-0.4, -0.2) is 17.9 Å². The lowest BCUT2D eigenvalue weighted by Crippen LogP contribution is -2.27. The zero-order valence-electron chi connectivity index (χ0n) is 15.8. The normalized spacial score (nSPS) is 11.8. The third kappa shape index (κ3) is 5.29. The first-order chi connectivity index (χ1) is 14.1. The Morgan fingerprint density at radius 1 is 1.00 bits per heavy atom. The number of carbonyl (C=O) groups is 1. The van der Waals surface area contributed by atoms with Crippen molar-refractivity contribution in [2.45, 2.75) is 6.04 Å². The second-order valence-electron chi connectivity index (χ2n) is 6.31. The van der Waals surface area contributed by atoms with Crippen LogP contribution in [0.1, 0.15) is 22.7 Å². The molecule has 0 heterocycles. The molecule has 1 amide bonds. The molecule has 0 aromatic heterocycles. The SMILES string of the molecule is COc1ccc([C@H](NC(=O)/C=C/c2cccc([N+](=O)[O-])c2)c2ccccc2)cc1. The van der Waals surface area contributed by atoms with E-state index >= 15 is 0 Å².